The van der Waals surface area contributed by atoms with Crippen LogP contribution in [-0.4, -0.2) is 28.2 Å². The standard InChI is InChI=1S/C18H24N4O/c19-17-20-9-8-16(22-17)21-12-18(13-23)10-15(11-18)7-6-14-4-2-1-3-5-14/h1-5,8-9,15,23H,6-7,10-13H2,(H3,19,20,21,22). The third-order valence-corrected chi connectivity index (χ3v) is 4.78. The molecule has 1 saturated carbocycles. The van der Waals surface area contributed by atoms with Gasteiger partial charge in [0.15, 0.2) is 0 Å². The van der Waals surface area contributed by atoms with E-state index in [1.165, 1.54) is 12.0 Å². The molecular formula is C18H24N4O. The Kier molecular flexibility index (Phi) is 4.76. The summed E-state index contributed by atoms with van der Waals surface area (Å²) in [7, 11) is 0. The lowest BCUT2D eigenvalue weighted by Crippen LogP contribution is -2.45. The second kappa shape index (κ2) is 6.96. The van der Waals surface area contributed by atoms with Crippen LogP contribution in [-0.2, 0) is 6.42 Å². The van der Waals surface area contributed by atoms with Gasteiger partial charge in [-0.25, -0.2) is 4.98 Å². The van der Waals surface area contributed by atoms with Crippen molar-refractivity contribution in [1.29, 1.82) is 0 Å². The highest BCUT2D eigenvalue weighted by molar-refractivity contribution is 5.37. The van der Waals surface area contributed by atoms with Crippen molar-refractivity contribution in [1.82, 2.24) is 9.97 Å². The van der Waals surface area contributed by atoms with Crippen LogP contribution < -0.4 is 11.1 Å². The molecule has 122 valence electrons. The normalized spacial score (nSPS) is 23.3. The average molecular weight is 312 g/mol. The number of aliphatic hydroxyl groups is 1. The number of nitrogens with zero attached hydrogens (tertiary/aromatic N) is 2. The lowest BCUT2D eigenvalue weighted by atomic mass is 9.61. The van der Waals surface area contributed by atoms with Crippen LogP contribution in [0.5, 0.6) is 0 Å². The van der Waals surface area contributed by atoms with Gasteiger partial charge in [0.25, 0.3) is 0 Å². The molecule has 1 fully saturated rings. The molecule has 0 radical (unpaired) electrons. The van der Waals surface area contributed by atoms with Gasteiger partial charge in [0.2, 0.25) is 5.95 Å². The number of aryl methyl sites for hydroxylation is 1. The Bertz CT molecular complexity index is 626. The molecule has 5 heteroatoms. The van der Waals surface area contributed by atoms with Crippen LogP contribution in [0.15, 0.2) is 42.6 Å². The number of nitrogen functional groups attached to an aromatic ring is 1. The summed E-state index contributed by atoms with van der Waals surface area (Å²) in [5, 5.41) is 13.1. The number of hydrogen-bond acceptors (Lipinski definition) is 5. The van der Waals surface area contributed by atoms with E-state index in [4.69, 9.17) is 5.73 Å². The quantitative estimate of drug-likeness (QED) is 0.731. The molecule has 1 heterocycles. The molecule has 1 aromatic heterocycles. The van der Waals surface area contributed by atoms with Gasteiger partial charge < -0.3 is 16.2 Å². The molecule has 0 bridgehead atoms. The summed E-state index contributed by atoms with van der Waals surface area (Å²) in [5.41, 5.74) is 6.95. The summed E-state index contributed by atoms with van der Waals surface area (Å²) in [4.78, 5) is 8.02. The van der Waals surface area contributed by atoms with Gasteiger partial charge in [0.05, 0.1) is 6.61 Å². The Morgan fingerprint density at radius 1 is 1.22 bits per heavy atom. The van der Waals surface area contributed by atoms with Crippen molar-refractivity contribution in [2.45, 2.75) is 25.7 Å². The molecule has 0 atom stereocenters. The van der Waals surface area contributed by atoms with Gasteiger partial charge in [0, 0.05) is 18.2 Å². The maximum absolute atomic E-state index is 9.77. The Morgan fingerprint density at radius 2 is 2.00 bits per heavy atom. The molecule has 0 spiro atoms. The fourth-order valence-electron chi connectivity index (χ4n) is 3.46. The van der Waals surface area contributed by atoms with Crippen molar-refractivity contribution < 1.29 is 5.11 Å². The van der Waals surface area contributed by atoms with E-state index in [0.717, 1.165) is 31.6 Å². The van der Waals surface area contributed by atoms with Crippen LogP contribution in [0, 0.1) is 11.3 Å². The molecule has 0 unspecified atom stereocenters. The molecule has 0 amide bonds. The highest BCUT2D eigenvalue weighted by Gasteiger charge is 2.43. The molecule has 1 aliphatic carbocycles. The van der Waals surface area contributed by atoms with Crippen molar-refractivity contribution in [3.05, 3.63) is 48.2 Å². The van der Waals surface area contributed by atoms with Crippen molar-refractivity contribution in [3.63, 3.8) is 0 Å². The summed E-state index contributed by atoms with van der Waals surface area (Å²) in [6.45, 7) is 0.935. The predicted octanol–water partition coefficient (Wildman–Crippen LogP) is 2.49. The fraction of sp³-hybridized carbons (Fsp3) is 0.444. The molecule has 2 aromatic rings. The zero-order chi connectivity index (χ0) is 16.1. The lowest BCUT2D eigenvalue weighted by molar-refractivity contribution is 0.00302. The first-order valence-corrected chi connectivity index (χ1v) is 8.16. The number of aromatic nitrogens is 2. The third kappa shape index (κ3) is 3.99. The highest BCUT2D eigenvalue weighted by atomic mass is 16.3. The first-order valence-electron chi connectivity index (χ1n) is 8.16. The zero-order valence-corrected chi connectivity index (χ0v) is 13.3. The molecule has 0 aliphatic heterocycles. The molecule has 4 N–H and O–H groups in total. The minimum absolute atomic E-state index is 0.0267. The third-order valence-electron chi connectivity index (χ3n) is 4.78. The van der Waals surface area contributed by atoms with E-state index < -0.39 is 0 Å². The number of anilines is 2. The van der Waals surface area contributed by atoms with Crippen LogP contribution >= 0.6 is 0 Å². The largest absolute Gasteiger partial charge is 0.396 e. The summed E-state index contributed by atoms with van der Waals surface area (Å²) in [6.07, 6.45) is 6.06. The minimum Gasteiger partial charge on any atom is -0.396 e. The Hall–Kier alpha value is -2.14. The van der Waals surface area contributed by atoms with Crippen LogP contribution in [0.3, 0.4) is 0 Å². The number of benzene rings is 1. The smallest absolute Gasteiger partial charge is 0.221 e. The average Bonchev–Trinajstić information content (AvgIpc) is 2.54. The first kappa shape index (κ1) is 15.7. The molecule has 0 saturated heterocycles. The van der Waals surface area contributed by atoms with Gasteiger partial charge >= 0.3 is 0 Å². The van der Waals surface area contributed by atoms with E-state index >= 15 is 0 Å². The zero-order valence-electron chi connectivity index (χ0n) is 13.3. The second-order valence-electron chi connectivity index (χ2n) is 6.61. The van der Waals surface area contributed by atoms with Crippen molar-refractivity contribution in [3.8, 4) is 0 Å². The maximum Gasteiger partial charge on any atom is 0.221 e. The fourth-order valence-corrected chi connectivity index (χ4v) is 3.46. The summed E-state index contributed by atoms with van der Waals surface area (Å²) < 4.78 is 0. The molecule has 3 rings (SSSR count). The monoisotopic (exact) mass is 312 g/mol. The van der Waals surface area contributed by atoms with Crippen LogP contribution in [0.2, 0.25) is 0 Å². The van der Waals surface area contributed by atoms with Crippen LogP contribution in [0.25, 0.3) is 0 Å². The van der Waals surface area contributed by atoms with E-state index in [2.05, 4.69) is 45.6 Å². The molecular weight excluding hydrogens is 288 g/mol. The van der Waals surface area contributed by atoms with Gasteiger partial charge in [-0.2, -0.15) is 4.98 Å². The maximum atomic E-state index is 9.77. The van der Waals surface area contributed by atoms with Gasteiger partial charge in [-0.05, 0) is 43.2 Å². The van der Waals surface area contributed by atoms with Crippen molar-refractivity contribution in [2.24, 2.45) is 11.3 Å². The van der Waals surface area contributed by atoms with Crippen LogP contribution in [0.4, 0.5) is 11.8 Å². The molecule has 5 nitrogen and oxygen atoms in total. The lowest BCUT2D eigenvalue weighted by Gasteiger charge is -2.47. The van der Waals surface area contributed by atoms with Gasteiger partial charge in [-0.1, -0.05) is 30.3 Å². The number of rotatable bonds is 7. The Labute approximate surface area is 137 Å². The number of nitrogens with one attached hydrogen (secondary N) is 1. The first-order chi connectivity index (χ1) is 11.2. The van der Waals surface area contributed by atoms with E-state index in [0.29, 0.717) is 5.92 Å². The second-order valence-corrected chi connectivity index (χ2v) is 6.61. The molecule has 1 aliphatic rings. The van der Waals surface area contributed by atoms with Gasteiger partial charge in [-0.3, -0.25) is 0 Å². The van der Waals surface area contributed by atoms with E-state index in [1.54, 1.807) is 12.3 Å². The Morgan fingerprint density at radius 3 is 2.70 bits per heavy atom. The SMILES string of the molecule is Nc1nccc(NCC2(CO)CC(CCc3ccccc3)C2)n1. The van der Waals surface area contributed by atoms with E-state index in [-0.39, 0.29) is 18.0 Å². The van der Waals surface area contributed by atoms with Crippen molar-refractivity contribution in [2.75, 3.05) is 24.2 Å². The number of nitrogens with two attached hydrogens (primary N) is 1. The highest BCUT2D eigenvalue weighted by Crippen LogP contribution is 2.47. The number of aliphatic hydroxyl groups excluding tert-OH is 1. The van der Waals surface area contributed by atoms with Gasteiger partial charge in [0.1, 0.15) is 5.82 Å². The van der Waals surface area contributed by atoms with Crippen molar-refractivity contribution >= 4 is 11.8 Å². The van der Waals surface area contributed by atoms with E-state index in [1.807, 2.05) is 0 Å². The summed E-state index contributed by atoms with van der Waals surface area (Å²) >= 11 is 0. The Balaban J connectivity index is 1.46. The molecule has 23 heavy (non-hydrogen) atoms. The van der Waals surface area contributed by atoms with E-state index in [9.17, 15) is 5.11 Å². The summed E-state index contributed by atoms with van der Waals surface area (Å²) in [5.74, 6) is 1.68. The predicted molar refractivity (Wildman–Crippen MR) is 91.9 cm³/mol. The number of hydrogen-bond donors (Lipinski definition) is 3. The summed E-state index contributed by atoms with van der Waals surface area (Å²) in [6, 6.07) is 12.4. The molecule has 1 aromatic carbocycles. The topological polar surface area (TPSA) is 84.1 Å². The minimum atomic E-state index is -0.0267. The van der Waals surface area contributed by atoms with Gasteiger partial charge in [-0.15, -0.1) is 0 Å². The van der Waals surface area contributed by atoms with Crippen LogP contribution in [0.1, 0.15) is 24.8 Å².